The van der Waals surface area contributed by atoms with Crippen molar-refractivity contribution in [1.29, 1.82) is 0 Å². The molecule has 2 nitrogen and oxygen atoms in total. The Kier molecular flexibility index (Phi) is 2.97. The van der Waals surface area contributed by atoms with E-state index in [1.54, 1.807) is 11.3 Å². The third-order valence-corrected chi connectivity index (χ3v) is 5.35. The number of hydrogen-bond donors (Lipinski definition) is 1. The highest BCUT2D eigenvalue weighted by molar-refractivity contribution is 7.17. The molecule has 1 unspecified atom stereocenters. The highest BCUT2D eigenvalue weighted by atomic mass is 32.1. The summed E-state index contributed by atoms with van der Waals surface area (Å²) in [5, 5.41) is 7.17. The molecular formula is C16H19NOS. The summed E-state index contributed by atoms with van der Waals surface area (Å²) in [6.45, 7) is 0. The number of rotatable bonds is 2. The summed E-state index contributed by atoms with van der Waals surface area (Å²) < 4.78 is 7.63. The molecule has 0 aliphatic carbocycles. The zero-order valence-electron chi connectivity index (χ0n) is 11.0. The lowest BCUT2D eigenvalue weighted by Crippen LogP contribution is -2.51. The minimum Gasteiger partial charge on any atom is -0.489 e. The summed E-state index contributed by atoms with van der Waals surface area (Å²) in [4.78, 5) is 0. The van der Waals surface area contributed by atoms with Crippen molar-refractivity contribution < 1.29 is 4.74 Å². The number of piperidine rings is 2. The average Bonchev–Trinajstić information content (AvgIpc) is 2.88. The number of benzene rings is 1. The van der Waals surface area contributed by atoms with Gasteiger partial charge in [0.1, 0.15) is 11.9 Å². The fourth-order valence-electron chi connectivity index (χ4n) is 3.55. The van der Waals surface area contributed by atoms with Gasteiger partial charge in [0.2, 0.25) is 0 Å². The van der Waals surface area contributed by atoms with Crippen molar-refractivity contribution >= 4 is 21.4 Å². The van der Waals surface area contributed by atoms with E-state index in [0.29, 0.717) is 18.2 Å². The molecule has 1 aromatic heterocycles. The zero-order valence-corrected chi connectivity index (χ0v) is 11.8. The molecule has 1 N–H and O–H groups in total. The van der Waals surface area contributed by atoms with E-state index in [1.165, 1.54) is 29.3 Å². The second kappa shape index (κ2) is 4.80. The minimum absolute atomic E-state index is 0.393. The van der Waals surface area contributed by atoms with Gasteiger partial charge in [-0.15, -0.1) is 11.3 Å². The van der Waals surface area contributed by atoms with Crippen molar-refractivity contribution in [2.45, 2.75) is 50.3 Å². The highest BCUT2D eigenvalue weighted by Crippen LogP contribution is 2.34. The van der Waals surface area contributed by atoms with Gasteiger partial charge in [0.25, 0.3) is 0 Å². The lowest BCUT2D eigenvalue weighted by atomic mass is 9.85. The fraction of sp³-hybridized carbons (Fsp3) is 0.500. The van der Waals surface area contributed by atoms with Crippen LogP contribution in [0.5, 0.6) is 5.75 Å². The van der Waals surface area contributed by atoms with Crippen molar-refractivity contribution in [2.24, 2.45) is 0 Å². The maximum atomic E-state index is 6.33. The molecule has 2 saturated heterocycles. The Morgan fingerprint density at radius 3 is 2.79 bits per heavy atom. The van der Waals surface area contributed by atoms with Crippen molar-refractivity contribution in [1.82, 2.24) is 5.32 Å². The van der Waals surface area contributed by atoms with Gasteiger partial charge in [-0.1, -0.05) is 18.6 Å². The lowest BCUT2D eigenvalue weighted by molar-refractivity contribution is 0.0941. The second-order valence-corrected chi connectivity index (χ2v) is 6.71. The first-order valence-corrected chi connectivity index (χ1v) is 8.15. The molecule has 19 heavy (non-hydrogen) atoms. The molecule has 1 aromatic carbocycles. The summed E-state index contributed by atoms with van der Waals surface area (Å²) in [5.41, 5.74) is 0. The smallest absolute Gasteiger partial charge is 0.137 e. The van der Waals surface area contributed by atoms with Gasteiger partial charge in [0, 0.05) is 12.1 Å². The number of nitrogens with one attached hydrogen (secondary N) is 1. The van der Waals surface area contributed by atoms with Crippen molar-refractivity contribution in [3.8, 4) is 5.75 Å². The van der Waals surface area contributed by atoms with Crippen LogP contribution in [0.2, 0.25) is 0 Å². The molecule has 0 spiro atoms. The van der Waals surface area contributed by atoms with E-state index in [2.05, 4.69) is 35.0 Å². The molecule has 2 aliphatic heterocycles. The highest BCUT2D eigenvalue weighted by Gasteiger charge is 2.32. The standard InChI is InChI=1S/C16H19NOS/c1-3-11-7-8-19-16(11)15(6-1)18-14-9-12-4-2-5-13(10-14)17-12/h1,3,6-8,12-14,17H,2,4-5,9-10H2/t12-,13+,14?. The minimum atomic E-state index is 0.393. The van der Waals surface area contributed by atoms with Crippen LogP contribution < -0.4 is 10.1 Å². The molecule has 2 bridgehead atoms. The Bertz CT molecular complexity index is 567. The molecule has 100 valence electrons. The van der Waals surface area contributed by atoms with Crippen LogP contribution in [0, 0.1) is 0 Å². The van der Waals surface area contributed by atoms with E-state index in [0.717, 1.165) is 18.6 Å². The van der Waals surface area contributed by atoms with E-state index in [4.69, 9.17) is 4.74 Å². The molecule has 0 amide bonds. The second-order valence-electron chi connectivity index (χ2n) is 5.80. The van der Waals surface area contributed by atoms with E-state index in [-0.39, 0.29) is 0 Å². The SMILES string of the molecule is c1cc(OC2C[C@H]3CCC[C@@H](C2)N3)c2sccc2c1. The maximum Gasteiger partial charge on any atom is 0.137 e. The fourth-order valence-corrected chi connectivity index (χ4v) is 4.40. The van der Waals surface area contributed by atoms with Crippen molar-refractivity contribution in [2.75, 3.05) is 0 Å². The Labute approximate surface area is 117 Å². The van der Waals surface area contributed by atoms with Crippen molar-refractivity contribution in [3.63, 3.8) is 0 Å². The number of fused-ring (bicyclic) bond motifs is 3. The largest absolute Gasteiger partial charge is 0.489 e. The first kappa shape index (κ1) is 11.7. The molecule has 0 radical (unpaired) electrons. The van der Waals surface area contributed by atoms with Gasteiger partial charge in [-0.25, -0.2) is 0 Å². The summed E-state index contributed by atoms with van der Waals surface area (Å²) in [6.07, 6.45) is 6.75. The Morgan fingerprint density at radius 1 is 1.11 bits per heavy atom. The normalized spacial score (nSPS) is 30.4. The van der Waals surface area contributed by atoms with Gasteiger partial charge in [0.15, 0.2) is 0 Å². The van der Waals surface area contributed by atoms with Crippen LogP contribution in [0.1, 0.15) is 32.1 Å². The van der Waals surface area contributed by atoms with Crippen LogP contribution in [0.3, 0.4) is 0 Å². The van der Waals surface area contributed by atoms with Crippen LogP contribution in [-0.2, 0) is 0 Å². The van der Waals surface area contributed by atoms with Gasteiger partial charge in [-0.2, -0.15) is 0 Å². The van der Waals surface area contributed by atoms with Crippen LogP contribution in [-0.4, -0.2) is 18.2 Å². The summed E-state index contributed by atoms with van der Waals surface area (Å²) in [6, 6.07) is 9.92. The first-order chi connectivity index (χ1) is 9.38. The number of hydrogen-bond acceptors (Lipinski definition) is 3. The molecule has 4 rings (SSSR count). The van der Waals surface area contributed by atoms with E-state index < -0.39 is 0 Å². The summed E-state index contributed by atoms with van der Waals surface area (Å²) in [7, 11) is 0. The Hall–Kier alpha value is -1.06. The molecule has 2 aromatic rings. The molecule has 0 saturated carbocycles. The summed E-state index contributed by atoms with van der Waals surface area (Å²) in [5.74, 6) is 1.08. The van der Waals surface area contributed by atoms with Gasteiger partial charge < -0.3 is 10.1 Å². The van der Waals surface area contributed by atoms with Crippen LogP contribution in [0.15, 0.2) is 29.6 Å². The van der Waals surface area contributed by atoms with Crippen LogP contribution in [0.4, 0.5) is 0 Å². The van der Waals surface area contributed by atoms with E-state index in [1.807, 2.05) is 0 Å². The number of ether oxygens (including phenoxy) is 1. The Morgan fingerprint density at radius 2 is 1.95 bits per heavy atom. The predicted octanol–water partition coefficient (Wildman–Crippen LogP) is 3.95. The quantitative estimate of drug-likeness (QED) is 0.894. The van der Waals surface area contributed by atoms with Crippen LogP contribution in [0.25, 0.3) is 10.1 Å². The van der Waals surface area contributed by atoms with Crippen LogP contribution >= 0.6 is 11.3 Å². The molecule has 3 heterocycles. The van der Waals surface area contributed by atoms with Gasteiger partial charge in [0.05, 0.1) is 4.70 Å². The lowest BCUT2D eigenvalue weighted by Gasteiger charge is -2.40. The topological polar surface area (TPSA) is 21.3 Å². The Balaban J connectivity index is 1.56. The summed E-state index contributed by atoms with van der Waals surface area (Å²) >= 11 is 1.78. The predicted molar refractivity (Wildman–Crippen MR) is 80.0 cm³/mol. The van der Waals surface area contributed by atoms with Gasteiger partial charge in [-0.05, 0) is 48.6 Å². The van der Waals surface area contributed by atoms with E-state index >= 15 is 0 Å². The van der Waals surface area contributed by atoms with Gasteiger partial charge in [-0.3, -0.25) is 0 Å². The number of thiophene rings is 1. The molecular weight excluding hydrogens is 254 g/mol. The van der Waals surface area contributed by atoms with Crippen molar-refractivity contribution in [3.05, 3.63) is 29.6 Å². The van der Waals surface area contributed by atoms with Gasteiger partial charge >= 0.3 is 0 Å². The molecule has 3 heteroatoms. The molecule has 3 atom stereocenters. The third-order valence-electron chi connectivity index (χ3n) is 4.41. The third kappa shape index (κ3) is 2.26. The first-order valence-electron chi connectivity index (χ1n) is 7.27. The zero-order chi connectivity index (χ0) is 12.7. The monoisotopic (exact) mass is 273 g/mol. The molecule has 2 fully saturated rings. The maximum absolute atomic E-state index is 6.33. The molecule has 2 aliphatic rings. The average molecular weight is 273 g/mol. The van der Waals surface area contributed by atoms with E-state index in [9.17, 15) is 0 Å².